The van der Waals surface area contributed by atoms with Crippen molar-refractivity contribution < 1.29 is 9.94 Å². The first kappa shape index (κ1) is 21.6. The monoisotopic (exact) mass is 442 g/mol. The van der Waals surface area contributed by atoms with Gasteiger partial charge in [-0.3, -0.25) is 20.6 Å². The minimum atomic E-state index is 0.00713. The van der Waals surface area contributed by atoms with Gasteiger partial charge >= 0.3 is 0 Å². The minimum absolute atomic E-state index is 0.00713. The third-order valence-corrected chi connectivity index (χ3v) is 5.55. The molecule has 4 heterocycles. The van der Waals surface area contributed by atoms with Crippen molar-refractivity contribution in [3.05, 3.63) is 54.3 Å². The van der Waals surface area contributed by atoms with E-state index in [1.165, 1.54) is 0 Å². The lowest BCUT2D eigenvalue weighted by Gasteiger charge is -2.38. The van der Waals surface area contributed by atoms with E-state index in [1.807, 2.05) is 30.9 Å². The number of hydrogen-bond acceptors (Lipinski definition) is 6. The third kappa shape index (κ3) is 5.16. The van der Waals surface area contributed by atoms with E-state index in [2.05, 4.69) is 43.7 Å². The van der Waals surface area contributed by atoms with Crippen LogP contribution in [0.4, 0.5) is 5.69 Å². The van der Waals surface area contributed by atoms with Gasteiger partial charge in [-0.2, -0.15) is 0 Å². The predicted molar refractivity (Wildman–Crippen MR) is 123 cm³/mol. The lowest BCUT2D eigenvalue weighted by Crippen LogP contribution is -2.48. The summed E-state index contributed by atoms with van der Waals surface area (Å²) in [5.74, 6) is 0. The lowest BCUT2D eigenvalue weighted by atomic mass is 10.1. The van der Waals surface area contributed by atoms with Gasteiger partial charge in [-0.25, -0.2) is 4.98 Å². The number of nitrogens with one attached hydrogen (secondary N) is 2. The molecule has 0 atom stereocenters. The number of aromatic amines is 1. The van der Waals surface area contributed by atoms with E-state index in [-0.39, 0.29) is 5.60 Å². The zero-order valence-electron chi connectivity index (χ0n) is 17.7. The molecular weight excluding hydrogens is 416 g/mol. The lowest BCUT2D eigenvalue weighted by molar-refractivity contribution is -0.0864. The van der Waals surface area contributed by atoms with E-state index in [0.29, 0.717) is 10.7 Å². The van der Waals surface area contributed by atoms with Gasteiger partial charge in [0.05, 0.1) is 41.5 Å². The fourth-order valence-electron chi connectivity index (χ4n) is 3.89. The number of hydrogen-bond donors (Lipinski definition) is 3. The third-order valence-electron chi connectivity index (χ3n) is 5.33. The van der Waals surface area contributed by atoms with Crippen LogP contribution in [0.2, 0.25) is 5.02 Å². The fourth-order valence-corrected chi connectivity index (χ4v) is 4.10. The van der Waals surface area contributed by atoms with Gasteiger partial charge in [-0.05, 0) is 32.0 Å². The van der Waals surface area contributed by atoms with Crippen LogP contribution in [0.3, 0.4) is 0 Å². The van der Waals surface area contributed by atoms with Crippen LogP contribution in [0.5, 0.6) is 0 Å². The molecule has 5 rings (SSSR count). The maximum absolute atomic E-state index is 9.04. The van der Waals surface area contributed by atoms with E-state index < -0.39 is 0 Å². The molecule has 31 heavy (non-hydrogen) atoms. The summed E-state index contributed by atoms with van der Waals surface area (Å²) in [6, 6.07) is 5.43. The second kappa shape index (κ2) is 9.23. The molecule has 164 valence electrons. The molecule has 8 nitrogen and oxygen atoms in total. The number of rotatable bonds is 4. The Morgan fingerprint density at radius 1 is 1.23 bits per heavy atom. The molecule has 1 aliphatic heterocycles. The number of fused-ring (bicyclic) bond motifs is 3. The van der Waals surface area contributed by atoms with E-state index in [9.17, 15) is 0 Å². The first-order chi connectivity index (χ1) is 14.9. The Morgan fingerprint density at radius 3 is 2.84 bits per heavy atom. The molecule has 1 aromatic carbocycles. The number of nitrogens with zero attached hydrogens (tertiary/aromatic N) is 4. The van der Waals surface area contributed by atoms with Gasteiger partial charge in [0, 0.05) is 60.6 Å². The number of morpholine rings is 1. The standard InChI is InChI=1S/C11H8ClN3O.C11H19N3O/c12-6-3-8-7-1-2-13-5-10(7)14-11(8)9(4-6)15-16;1-11(2)9-13(7-8-15-11)5-6-14-4-3-12-10-14/h1-5,14-16H;3-4,10H,5-9H2,1-2H3. The number of halogens is 1. The highest BCUT2D eigenvalue weighted by molar-refractivity contribution is 6.32. The molecule has 1 aliphatic rings. The number of benzene rings is 1. The highest BCUT2D eigenvalue weighted by Gasteiger charge is 2.26. The molecule has 0 bridgehead atoms. The minimum Gasteiger partial charge on any atom is -0.373 e. The Kier molecular flexibility index (Phi) is 6.43. The summed E-state index contributed by atoms with van der Waals surface area (Å²) in [5.41, 5.74) is 4.43. The summed E-state index contributed by atoms with van der Waals surface area (Å²) < 4.78 is 7.79. The topological polar surface area (TPSA) is 91.2 Å². The Balaban J connectivity index is 0.000000150. The first-order valence-electron chi connectivity index (χ1n) is 10.2. The summed E-state index contributed by atoms with van der Waals surface area (Å²) in [6.45, 7) is 9.28. The predicted octanol–water partition coefficient (Wildman–Crippen LogP) is 4.16. The second-order valence-corrected chi connectivity index (χ2v) is 8.66. The molecule has 0 spiro atoms. The molecule has 1 fully saturated rings. The zero-order chi connectivity index (χ0) is 21.8. The van der Waals surface area contributed by atoms with E-state index >= 15 is 0 Å². The van der Waals surface area contributed by atoms with Gasteiger partial charge in [-0.1, -0.05) is 11.6 Å². The molecule has 4 aromatic rings. The van der Waals surface area contributed by atoms with Crippen LogP contribution >= 0.6 is 11.6 Å². The Hall–Kier alpha value is -2.65. The zero-order valence-corrected chi connectivity index (χ0v) is 18.4. The molecule has 0 amide bonds. The van der Waals surface area contributed by atoms with E-state index in [4.69, 9.17) is 21.5 Å². The highest BCUT2D eigenvalue weighted by Crippen LogP contribution is 2.32. The molecule has 3 aromatic heterocycles. The Morgan fingerprint density at radius 2 is 2.10 bits per heavy atom. The van der Waals surface area contributed by atoms with Gasteiger partial charge in [0.15, 0.2) is 0 Å². The van der Waals surface area contributed by atoms with Gasteiger partial charge < -0.3 is 14.3 Å². The van der Waals surface area contributed by atoms with Crippen LogP contribution in [0.1, 0.15) is 13.8 Å². The van der Waals surface area contributed by atoms with Crippen LogP contribution in [0.15, 0.2) is 49.3 Å². The van der Waals surface area contributed by atoms with Crippen LogP contribution in [-0.2, 0) is 11.3 Å². The molecule has 0 unspecified atom stereocenters. The Labute approximate surface area is 185 Å². The quantitative estimate of drug-likeness (QED) is 0.411. The molecule has 0 radical (unpaired) electrons. The maximum Gasteiger partial charge on any atom is 0.0946 e. The second-order valence-electron chi connectivity index (χ2n) is 8.22. The van der Waals surface area contributed by atoms with Gasteiger partial charge in [0.2, 0.25) is 0 Å². The average Bonchev–Trinajstić information content (AvgIpc) is 3.39. The highest BCUT2D eigenvalue weighted by atomic mass is 35.5. The summed E-state index contributed by atoms with van der Waals surface area (Å²) in [7, 11) is 0. The largest absolute Gasteiger partial charge is 0.373 e. The summed E-state index contributed by atoms with van der Waals surface area (Å²) >= 11 is 5.98. The van der Waals surface area contributed by atoms with Gasteiger partial charge in [0.1, 0.15) is 0 Å². The van der Waals surface area contributed by atoms with E-state index in [0.717, 1.165) is 54.6 Å². The number of ether oxygens (including phenoxy) is 1. The number of H-pyrrole nitrogens is 1. The maximum atomic E-state index is 9.04. The molecule has 3 N–H and O–H groups in total. The summed E-state index contributed by atoms with van der Waals surface area (Å²) in [4.78, 5) is 13.7. The van der Waals surface area contributed by atoms with Crippen LogP contribution in [0.25, 0.3) is 21.8 Å². The van der Waals surface area contributed by atoms with Gasteiger partial charge in [0.25, 0.3) is 0 Å². The van der Waals surface area contributed by atoms with Crippen molar-refractivity contribution in [2.45, 2.75) is 26.0 Å². The van der Waals surface area contributed by atoms with Crippen molar-refractivity contribution >= 4 is 39.1 Å². The van der Waals surface area contributed by atoms with Gasteiger partial charge in [-0.15, -0.1) is 0 Å². The summed E-state index contributed by atoms with van der Waals surface area (Å²) in [6.07, 6.45) is 9.16. The summed E-state index contributed by atoms with van der Waals surface area (Å²) in [5, 5.41) is 11.6. The smallest absolute Gasteiger partial charge is 0.0946 e. The molecular formula is C22H27ClN6O2. The van der Waals surface area contributed by atoms with Crippen molar-refractivity contribution in [1.29, 1.82) is 0 Å². The fraction of sp³-hybridized carbons (Fsp3) is 0.364. The van der Waals surface area contributed by atoms with Crippen molar-refractivity contribution in [1.82, 2.24) is 24.4 Å². The number of pyridine rings is 1. The number of anilines is 1. The van der Waals surface area contributed by atoms with Crippen LogP contribution < -0.4 is 5.48 Å². The number of imidazole rings is 1. The molecule has 1 saturated heterocycles. The first-order valence-corrected chi connectivity index (χ1v) is 10.6. The van der Waals surface area contributed by atoms with Crippen LogP contribution in [-0.4, -0.2) is 61.5 Å². The van der Waals surface area contributed by atoms with Crippen molar-refractivity contribution in [2.24, 2.45) is 0 Å². The Bertz CT molecular complexity index is 1140. The van der Waals surface area contributed by atoms with E-state index in [1.54, 1.807) is 18.5 Å². The molecule has 0 aliphatic carbocycles. The SMILES string of the molecule is CC1(C)CN(CCn2ccnc2)CCO1.ONc1cc(Cl)cc2c1[nH]c1cnccc12. The normalized spacial score (nSPS) is 16.3. The average molecular weight is 443 g/mol. The van der Waals surface area contributed by atoms with Crippen LogP contribution in [0, 0.1) is 0 Å². The molecule has 9 heteroatoms. The number of aromatic nitrogens is 4. The van der Waals surface area contributed by atoms with Crippen molar-refractivity contribution in [3.8, 4) is 0 Å². The van der Waals surface area contributed by atoms with Crippen molar-refractivity contribution in [2.75, 3.05) is 31.7 Å². The van der Waals surface area contributed by atoms with Crippen molar-refractivity contribution in [3.63, 3.8) is 0 Å². The molecule has 0 saturated carbocycles.